The number of aromatic nitrogens is 1. The van der Waals surface area contributed by atoms with E-state index in [0.29, 0.717) is 12.5 Å². The third kappa shape index (κ3) is 5.58. The van der Waals surface area contributed by atoms with Crippen LogP contribution in [0.3, 0.4) is 0 Å². The second-order valence-corrected chi connectivity index (χ2v) is 6.61. The molecule has 2 aromatic carbocycles. The molecule has 3 aromatic rings. The van der Waals surface area contributed by atoms with Crippen LogP contribution in [0, 0.1) is 0 Å². The molecule has 1 aromatic heterocycles. The first-order valence-corrected chi connectivity index (χ1v) is 9.68. The standard InChI is InChI=1S/C24H27NO2/c1-3-5-19-6-8-20(9-7-19)18-27-24-15-12-22(17-25-24)21-10-13-23(14-11-21)26-16-4-2/h6-15,17H,3-5,16,18H2,1-2H3. The van der Waals surface area contributed by atoms with Gasteiger partial charge in [0.2, 0.25) is 5.88 Å². The summed E-state index contributed by atoms with van der Waals surface area (Å²) in [5.74, 6) is 1.54. The van der Waals surface area contributed by atoms with Crippen molar-refractivity contribution >= 4 is 0 Å². The van der Waals surface area contributed by atoms with Crippen LogP contribution in [0.2, 0.25) is 0 Å². The number of pyridine rings is 1. The largest absolute Gasteiger partial charge is 0.494 e. The molecule has 0 aliphatic heterocycles. The van der Waals surface area contributed by atoms with Crippen molar-refractivity contribution in [2.45, 2.75) is 39.7 Å². The molecule has 0 radical (unpaired) electrons. The maximum atomic E-state index is 5.82. The maximum absolute atomic E-state index is 5.82. The average molecular weight is 361 g/mol. The molecule has 0 saturated heterocycles. The van der Waals surface area contributed by atoms with E-state index >= 15 is 0 Å². The monoisotopic (exact) mass is 361 g/mol. The summed E-state index contributed by atoms with van der Waals surface area (Å²) in [5, 5.41) is 0. The van der Waals surface area contributed by atoms with Gasteiger partial charge in [-0.3, -0.25) is 0 Å². The average Bonchev–Trinajstić information content (AvgIpc) is 2.73. The summed E-state index contributed by atoms with van der Waals surface area (Å²) in [5.41, 5.74) is 4.70. The van der Waals surface area contributed by atoms with Crippen LogP contribution in [0.4, 0.5) is 0 Å². The van der Waals surface area contributed by atoms with Crippen molar-refractivity contribution in [3.8, 4) is 22.8 Å². The summed E-state index contributed by atoms with van der Waals surface area (Å²) >= 11 is 0. The summed E-state index contributed by atoms with van der Waals surface area (Å²) < 4.78 is 11.4. The minimum Gasteiger partial charge on any atom is -0.494 e. The number of aryl methyl sites for hydroxylation is 1. The van der Waals surface area contributed by atoms with E-state index < -0.39 is 0 Å². The van der Waals surface area contributed by atoms with E-state index in [4.69, 9.17) is 9.47 Å². The minimum absolute atomic E-state index is 0.530. The zero-order valence-electron chi connectivity index (χ0n) is 16.2. The Kier molecular flexibility index (Phi) is 6.86. The molecule has 3 rings (SSSR count). The van der Waals surface area contributed by atoms with Gasteiger partial charge in [-0.15, -0.1) is 0 Å². The molecule has 140 valence electrons. The van der Waals surface area contributed by atoms with E-state index in [1.54, 1.807) is 0 Å². The molecule has 1 heterocycles. The quantitative estimate of drug-likeness (QED) is 0.463. The van der Waals surface area contributed by atoms with Crippen LogP contribution in [0.1, 0.15) is 37.8 Å². The predicted octanol–water partition coefficient (Wildman–Crippen LogP) is 6.07. The predicted molar refractivity (Wildman–Crippen MR) is 110 cm³/mol. The Morgan fingerprint density at radius 3 is 2.04 bits per heavy atom. The molecule has 0 unspecified atom stereocenters. The Hall–Kier alpha value is -2.81. The molecule has 0 spiro atoms. The molecular weight excluding hydrogens is 334 g/mol. The summed E-state index contributed by atoms with van der Waals surface area (Å²) in [4.78, 5) is 4.44. The number of rotatable bonds is 9. The van der Waals surface area contributed by atoms with Crippen LogP contribution < -0.4 is 9.47 Å². The highest BCUT2D eigenvalue weighted by Crippen LogP contribution is 2.23. The highest BCUT2D eigenvalue weighted by atomic mass is 16.5. The zero-order valence-corrected chi connectivity index (χ0v) is 16.2. The van der Waals surface area contributed by atoms with E-state index in [1.165, 1.54) is 12.0 Å². The van der Waals surface area contributed by atoms with Crippen molar-refractivity contribution in [1.82, 2.24) is 4.98 Å². The fraction of sp³-hybridized carbons (Fsp3) is 0.292. The molecule has 27 heavy (non-hydrogen) atoms. The van der Waals surface area contributed by atoms with Gasteiger partial charge >= 0.3 is 0 Å². The fourth-order valence-electron chi connectivity index (χ4n) is 2.85. The highest BCUT2D eigenvalue weighted by molar-refractivity contribution is 5.63. The molecule has 0 amide bonds. The van der Waals surface area contributed by atoms with E-state index in [0.717, 1.165) is 41.9 Å². The van der Waals surface area contributed by atoms with Gasteiger partial charge in [-0.05, 0) is 47.7 Å². The minimum atomic E-state index is 0.530. The summed E-state index contributed by atoms with van der Waals surface area (Å²) in [6.45, 7) is 5.57. The number of ether oxygens (including phenoxy) is 2. The van der Waals surface area contributed by atoms with Gasteiger partial charge < -0.3 is 9.47 Å². The molecular formula is C24H27NO2. The lowest BCUT2D eigenvalue weighted by atomic mass is 10.1. The number of benzene rings is 2. The van der Waals surface area contributed by atoms with Gasteiger partial charge in [0.25, 0.3) is 0 Å². The highest BCUT2D eigenvalue weighted by Gasteiger charge is 2.02. The molecule has 3 heteroatoms. The van der Waals surface area contributed by atoms with Crippen molar-refractivity contribution < 1.29 is 9.47 Å². The van der Waals surface area contributed by atoms with Gasteiger partial charge in [0.1, 0.15) is 12.4 Å². The van der Waals surface area contributed by atoms with Crippen LogP contribution in [-0.4, -0.2) is 11.6 Å². The summed E-state index contributed by atoms with van der Waals surface area (Å²) in [6.07, 6.45) is 5.15. The van der Waals surface area contributed by atoms with Crippen LogP contribution in [0.5, 0.6) is 11.6 Å². The molecule has 0 N–H and O–H groups in total. The van der Waals surface area contributed by atoms with Gasteiger partial charge in [0.05, 0.1) is 6.61 Å². The number of hydrogen-bond donors (Lipinski definition) is 0. The van der Waals surface area contributed by atoms with Crippen molar-refractivity contribution in [1.29, 1.82) is 0 Å². The summed E-state index contributed by atoms with van der Waals surface area (Å²) in [7, 11) is 0. The first kappa shape index (κ1) is 19.0. The lowest BCUT2D eigenvalue weighted by Gasteiger charge is -2.08. The van der Waals surface area contributed by atoms with Crippen LogP contribution in [-0.2, 0) is 13.0 Å². The lowest BCUT2D eigenvalue weighted by Crippen LogP contribution is -1.97. The number of hydrogen-bond acceptors (Lipinski definition) is 3. The molecule has 0 fully saturated rings. The van der Waals surface area contributed by atoms with E-state index in [9.17, 15) is 0 Å². The van der Waals surface area contributed by atoms with E-state index in [-0.39, 0.29) is 0 Å². The Balaban J connectivity index is 1.56. The Morgan fingerprint density at radius 2 is 1.41 bits per heavy atom. The summed E-state index contributed by atoms with van der Waals surface area (Å²) in [6, 6.07) is 20.7. The van der Waals surface area contributed by atoms with Gasteiger partial charge in [-0.1, -0.05) is 56.7 Å². The second-order valence-electron chi connectivity index (χ2n) is 6.61. The maximum Gasteiger partial charge on any atom is 0.213 e. The van der Waals surface area contributed by atoms with Gasteiger partial charge in [0, 0.05) is 17.8 Å². The third-order valence-corrected chi connectivity index (χ3v) is 4.35. The van der Waals surface area contributed by atoms with Crippen LogP contribution in [0.25, 0.3) is 11.1 Å². The lowest BCUT2D eigenvalue weighted by molar-refractivity contribution is 0.294. The van der Waals surface area contributed by atoms with Crippen LogP contribution in [0.15, 0.2) is 66.9 Å². The normalized spacial score (nSPS) is 10.6. The number of nitrogens with zero attached hydrogens (tertiary/aromatic N) is 1. The first-order chi connectivity index (χ1) is 13.3. The van der Waals surface area contributed by atoms with Crippen molar-refractivity contribution in [2.24, 2.45) is 0 Å². The first-order valence-electron chi connectivity index (χ1n) is 9.68. The van der Waals surface area contributed by atoms with Gasteiger partial charge in [-0.25, -0.2) is 4.98 Å². The van der Waals surface area contributed by atoms with Crippen molar-refractivity contribution in [3.63, 3.8) is 0 Å². The molecule has 0 saturated carbocycles. The Bertz CT molecular complexity index is 809. The Labute approximate surface area is 162 Å². The molecule has 0 atom stereocenters. The molecule has 0 aliphatic rings. The van der Waals surface area contributed by atoms with Gasteiger partial charge in [0.15, 0.2) is 0 Å². The zero-order chi connectivity index (χ0) is 18.9. The van der Waals surface area contributed by atoms with Crippen LogP contribution >= 0.6 is 0 Å². The SMILES string of the molecule is CCCOc1ccc(-c2ccc(OCc3ccc(CCC)cc3)nc2)cc1. The molecule has 0 aliphatic carbocycles. The van der Waals surface area contributed by atoms with Crippen molar-refractivity contribution in [3.05, 3.63) is 78.0 Å². The van der Waals surface area contributed by atoms with Gasteiger partial charge in [-0.2, -0.15) is 0 Å². The van der Waals surface area contributed by atoms with E-state index in [1.807, 2.05) is 30.5 Å². The Morgan fingerprint density at radius 1 is 0.704 bits per heavy atom. The van der Waals surface area contributed by atoms with Crippen molar-refractivity contribution in [2.75, 3.05) is 6.61 Å². The van der Waals surface area contributed by atoms with E-state index in [2.05, 4.69) is 55.2 Å². The fourth-order valence-corrected chi connectivity index (χ4v) is 2.85. The third-order valence-electron chi connectivity index (χ3n) is 4.35. The topological polar surface area (TPSA) is 31.4 Å². The smallest absolute Gasteiger partial charge is 0.213 e. The molecule has 3 nitrogen and oxygen atoms in total. The second kappa shape index (κ2) is 9.77. The molecule has 0 bridgehead atoms.